The summed E-state index contributed by atoms with van der Waals surface area (Å²) in [6, 6.07) is 12.0. The van der Waals surface area contributed by atoms with E-state index in [0.717, 1.165) is 41.4 Å². The molecular weight excluding hydrogens is 445 g/mol. The van der Waals surface area contributed by atoms with Crippen LogP contribution in [0.15, 0.2) is 46.7 Å². The number of nitrogens with zero attached hydrogens (tertiary/aromatic N) is 2. The number of rotatable bonds is 2. The molecule has 0 radical (unpaired) electrons. The number of pyridine rings is 2. The number of H-pyrrole nitrogens is 1. The fraction of sp³-hybridized carbons (Fsp3) is 0.105. The Balaban J connectivity index is 2.04. The van der Waals surface area contributed by atoms with Crippen LogP contribution in [-0.2, 0) is 0 Å². The largest absolute Gasteiger partial charge is 0.321 e. The molecule has 0 fully saturated rings. The third-order valence-corrected chi connectivity index (χ3v) is 6.07. The average Bonchev–Trinajstić information content (AvgIpc) is 3.12. The molecule has 1 aromatic carbocycles. The van der Waals surface area contributed by atoms with Crippen molar-refractivity contribution in [2.45, 2.75) is 12.8 Å². The number of benzene rings is 1. The zero-order valence-electron chi connectivity index (χ0n) is 13.2. The monoisotopic (exact) mass is 457 g/mol. The van der Waals surface area contributed by atoms with Crippen LogP contribution in [0, 0.1) is 14.9 Å². The van der Waals surface area contributed by atoms with Crippen LogP contribution < -0.4 is 5.56 Å². The summed E-state index contributed by atoms with van der Waals surface area (Å²) in [5.41, 5.74) is 3.56. The van der Waals surface area contributed by atoms with Crippen molar-refractivity contribution in [1.82, 2.24) is 9.97 Å². The van der Waals surface area contributed by atoms with Gasteiger partial charge in [0.1, 0.15) is 4.70 Å². The van der Waals surface area contributed by atoms with Gasteiger partial charge in [-0.3, -0.25) is 9.78 Å². The first-order valence-corrected chi connectivity index (χ1v) is 9.63. The minimum absolute atomic E-state index is 0.0547. The van der Waals surface area contributed by atoms with Gasteiger partial charge >= 0.3 is 0 Å². The van der Waals surface area contributed by atoms with Crippen LogP contribution in [0.1, 0.15) is 18.5 Å². The zero-order chi connectivity index (χ0) is 17.6. The molecule has 4 rings (SSSR count). The Morgan fingerprint density at radius 3 is 2.84 bits per heavy atom. The molecule has 3 heterocycles. The van der Waals surface area contributed by atoms with E-state index in [2.05, 4.69) is 38.6 Å². The summed E-state index contributed by atoms with van der Waals surface area (Å²) in [6.07, 6.45) is 1.81. The number of thiophene rings is 1. The lowest BCUT2D eigenvalue weighted by Gasteiger charge is -2.11. The van der Waals surface area contributed by atoms with E-state index < -0.39 is 0 Å². The van der Waals surface area contributed by atoms with Gasteiger partial charge in [-0.2, -0.15) is 5.26 Å². The molecule has 25 heavy (non-hydrogen) atoms. The summed E-state index contributed by atoms with van der Waals surface area (Å²) in [6.45, 7) is 1.84. The molecule has 122 valence electrons. The fourth-order valence-corrected chi connectivity index (χ4v) is 4.54. The summed E-state index contributed by atoms with van der Waals surface area (Å²) in [4.78, 5) is 19.7. The molecule has 0 saturated heterocycles. The van der Waals surface area contributed by atoms with Crippen LogP contribution in [0.5, 0.6) is 0 Å². The Kier molecular flexibility index (Phi) is 4.06. The van der Waals surface area contributed by atoms with Crippen molar-refractivity contribution in [1.29, 1.82) is 5.26 Å². The van der Waals surface area contributed by atoms with E-state index in [0.29, 0.717) is 0 Å². The minimum Gasteiger partial charge on any atom is -0.321 e. The maximum absolute atomic E-state index is 12.2. The van der Waals surface area contributed by atoms with Gasteiger partial charge in [-0.15, -0.1) is 11.3 Å². The van der Waals surface area contributed by atoms with Crippen molar-refractivity contribution in [2.24, 2.45) is 0 Å². The molecule has 4 nitrogen and oxygen atoms in total. The van der Waals surface area contributed by atoms with Crippen LogP contribution in [0.4, 0.5) is 0 Å². The van der Waals surface area contributed by atoms with Crippen molar-refractivity contribution in [3.8, 4) is 17.2 Å². The van der Waals surface area contributed by atoms with Crippen LogP contribution >= 0.6 is 33.9 Å². The van der Waals surface area contributed by atoms with Crippen molar-refractivity contribution in [3.05, 3.63) is 61.5 Å². The van der Waals surface area contributed by atoms with Gasteiger partial charge in [0.25, 0.3) is 5.56 Å². The Morgan fingerprint density at radius 2 is 2.12 bits per heavy atom. The standard InChI is InChI=1S/C19H12IN3OS/c1-10(8-21)14-4-2-11(9-22-14)16-13(20)3-5-15-17(16)12-6-7-25-18(12)19(24)23-15/h2-7,9-10H,1H3,(H,23,24). The molecule has 4 aromatic rings. The van der Waals surface area contributed by atoms with Gasteiger partial charge in [0, 0.05) is 37.2 Å². The smallest absolute Gasteiger partial charge is 0.266 e. The average molecular weight is 457 g/mol. The number of nitriles is 1. The van der Waals surface area contributed by atoms with Gasteiger partial charge in [0.05, 0.1) is 17.7 Å². The van der Waals surface area contributed by atoms with Crippen LogP contribution in [0.2, 0.25) is 0 Å². The molecule has 0 aliphatic carbocycles. The lowest BCUT2D eigenvalue weighted by atomic mass is 9.99. The lowest BCUT2D eigenvalue weighted by Crippen LogP contribution is -2.05. The fourth-order valence-electron chi connectivity index (χ4n) is 2.98. The molecule has 0 bridgehead atoms. The molecule has 1 unspecified atom stereocenters. The van der Waals surface area contributed by atoms with Crippen molar-refractivity contribution in [3.63, 3.8) is 0 Å². The summed E-state index contributed by atoms with van der Waals surface area (Å²) in [5.74, 6) is -0.236. The van der Waals surface area contributed by atoms with Gasteiger partial charge in [-0.25, -0.2) is 0 Å². The molecule has 0 aliphatic heterocycles. The summed E-state index contributed by atoms with van der Waals surface area (Å²) < 4.78 is 1.82. The Morgan fingerprint density at radius 1 is 1.28 bits per heavy atom. The number of nitrogens with one attached hydrogen (secondary N) is 1. The number of aromatic nitrogens is 2. The quantitative estimate of drug-likeness (QED) is 0.429. The highest BCUT2D eigenvalue weighted by Crippen LogP contribution is 2.37. The second-order valence-corrected chi connectivity index (χ2v) is 7.86. The highest BCUT2D eigenvalue weighted by molar-refractivity contribution is 14.1. The number of aromatic amines is 1. The topological polar surface area (TPSA) is 69.5 Å². The second kappa shape index (κ2) is 6.24. The lowest BCUT2D eigenvalue weighted by molar-refractivity contribution is 0.920. The van der Waals surface area contributed by atoms with Crippen LogP contribution in [0.3, 0.4) is 0 Å². The molecule has 3 aromatic heterocycles. The first-order valence-electron chi connectivity index (χ1n) is 7.68. The van der Waals surface area contributed by atoms with Gasteiger partial charge in [0.2, 0.25) is 0 Å². The minimum atomic E-state index is -0.236. The third-order valence-electron chi connectivity index (χ3n) is 4.26. The summed E-state index contributed by atoms with van der Waals surface area (Å²) in [5, 5.41) is 13.0. The van der Waals surface area contributed by atoms with E-state index in [-0.39, 0.29) is 11.5 Å². The molecular formula is C19H12IN3OS. The number of hydrogen-bond acceptors (Lipinski definition) is 4. The van der Waals surface area contributed by atoms with Gasteiger partial charge in [-0.1, -0.05) is 6.07 Å². The van der Waals surface area contributed by atoms with Gasteiger partial charge in [0.15, 0.2) is 0 Å². The first kappa shape index (κ1) is 16.2. The summed E-state index contributed by atoms with van der Waals surface area (Å²) >= 11 is 3.76. The first-order chi connectivity index (χ1) is 12.1. The Bertz CT molecular complexity index is 1200. The van der Waals surface area contributed by atoms with E-state index in [4.69, 9.17) is 5.26 Å². The predicted molar refractivity (Wildman–Crippen MR) is 110 cm³/mol. The maximum Gasteiger partial charge on any atom is 0.266 e. The number of hydrogen-bond donors (Lipinski definition) is 1. The number of fused-ring (bicyclic) bond motifs is 3. The zero-order valence-corrected chi connectivity index (χ0v) is 16.2. The van der Waals surface area contributed by atoms with E-state index in [1.807, 2.05) is 48.8 Å². The Hall–Kier alpha value is -2.24. The molecule has 1 atom stereocenters. The maximum atomic E-state index is 12.2. The highest BCUT2D eigenvalue weighted by Gasteiger charge is 2.15. The normalized spacial score (nSPS) is 12.4. The molecule has 0 aliphatic rings. The van der Waals surface area contributed by atoms with Gasteiger partial charge in [-0.05, 0) is 59.2 Å². The highest BCUT2D eigenvalue weighted by atomic mass is 127. The second-order valence-electron chi connectivity index (χ2n) is 5.78. The summed E-state index contributed by atoms with van der Waals surface area (Å²) in [7, 11) is 0. The van der Waals surface area contributed by atoms with E-state index in [9.17, 15) is 4.79 Å². The predicted octanol–water partition coefficient (Wildman–Crippen LogP) is 5.04. The number of halogens is 1. The Labute approximate surface area is 161 Å². The van der Waals surface area contributed by atoms with Crippen molar-refractivity contribution >= 4 is 54.9 Å². The van der Waals surface area contributed by atoms with E-state index in [1.54, 1.807) is 0 Å². The third kappa shape index (κ3) is 2.64. The van der Waals surface area contributed by atoms with Crippen molar-refractivity contribution in [2.75, 3.05) is 0 Å². The molecule has 6 heteroatoms. The molecule has 0 saturated carbocycles. The van der Waals surface area contributed by atoms with Crippen LogP contribution in [0.25, 0.3) is 32.1 Å². The molecule has 1 N–H and O–H groups in total. The SMILES string of the molecule is CC(C#N)c1ccc(-c2c(I)ccc3[nH]c(=O)c4sccc4c23)cn1. The molecule has 0 amide bonds. The van der Waals surface area contributed by atoms with Crippen LogP contribution in [-0.4, -0.2) is 9.97 Å². The van der Waals surface area contributed by atoms with E-state index in [1.165, 1.54) is 11.3 Å². The van der Waals surface area contributed by atoms with Gasteiger partial charge < -0.3 is 4.98 Å². The van der Waals surface area contributed by atoms with E-state index >= 15 is 0 Å². The molecule has 0 spiro atoms. The van der Waals surface area contributed by atoms with Crippen molar-refractivity contribution < 1.29 is 0 Å².